The van der Waals surface area contributed by atoms with E-state index < -0.39 is 0 Å². The highest BCUT2D eigenvalue weighted by Crippen LogP contribution is 2.34. The van der Waals surface area contributed by atoms with E-state index in [1.165, 1.54) is 16.0 Å². The van der Waals surface area contributed by atoms with Crippen LogP contribution in [0.4, 0.5) is 11.4 Å². The summed E-state index contributed by atoms with van der Waals surface area (Å²) in [7, 11) is 0. The van der Waals surface area contributed by atoms with Crippen LogP contribution < -0.4 is 10.6 Å². The number of thiophene rings is 1. The second-order valence-corrected chi connectivity index (χ2v) is 7.11. The minimum Gasteiger partial charge on any atom is -0.383 e. The molecule has 0 spiro atoms. The molecule has 2 heterocycles. The fourth-order valence-corrected chi connectivity index (χ4v) is 3.65. The van der Waals surface area contributed by atoms with Crippen LogP contribution in [0, 0.1) is 0 Å². The third-order valence-corrected chi connectivity index (χ3v) is 5.17. The molecule has 0 fully saturated rings. The number of hydrogen-bond acceptors (Lipinski definition) is 5. The number of aromatic nitrogens is 3. The number of benzene rings is 2. The molecule has 0 saturated carbocycles. The minimum atomic E-state index is 0.776. The van der Waals surface area contributed by atoms with Crippen molar-refractivity contribution in [2.75, 3.05) is 17.2 Å². The maximum atomic E-state index is 4.14. The zero-order valence-electron chi connectivity index (χ0n) is 14.9. The number of nitrogens with zero attached hydrogens (tertiary/aromatic N) is 3. The predicted octanol–water partition coefficient (Wildman–Crippen LogP) is 4.73. The molecule has 6 heteroatoms. The van der Waals surface area contributed by atoms with Crippen molar-refractivity contribution < 1.29 is 0 Å². The molecule has 0 aliphatic carbocycles. The Morgan fingerprint density at radius 3 is 2.67 bits per heavy atom. The maximum Gasteiger partial charge on any atom is 0.137 e. The van der Waals surface area contributed by atoms with Gasteiger partial charge in [0.25, 0.3) is 0 Å². The molecule has 0 radical (unpaired) electrons. The van der Waals surface area contributed by atoms with Crippen molar-refractivity contribution in [1.29, 1.82) is 0 Å². The first-order valence-electron chi connectivity index (χ1n) is 8.90. The summed E-state index contributed by atoms with van der Waals surface area (Å²) in [6, 6.07) is 21.2. The van der Waals surface area contributed by atoms with Crippen LogP contribution in [0.5, 0.6) is 0 Å². The quantitative estimate of drug-likeness (QED) is 0.467. The molecule has 0 saturated heterocycles. The highest BCUT2D eigenvalue weighted by atomic mass is 32.1. The van der Waals surface area contributed by atoms with E-state index in [0.29, 0.717) is 0 Å². The van der Waals surface area contributed by atoms with Gasteiger partial charge in [0, 0.05) is 34.9 Å². The molecule has 136 valence electrons. The largest absolute Gasteiger partial charge is 0.383 e. The van der Waals surface area contributed by atoms with Gasteiger partial charge >= 0.3 is 0 Å². The zero-order chi connectivity index (χ0) is 18.3. The third-order valence-electron chi connectivity index (χ3n) is 4.27. The van der Waals surface area contributed by atoms with Gasteiger partial charge in [-0.05, 0) is 35.2 Å². The standard InChI is InChI=1S/C21H21N5S/c1-2-5-17(6-3-1)14-24-18-8-9-20(19(13-18)21-7-4-12-27-21)23-10-11-26-16-22-15-25-26/h1-9,12-13,15-16,23-24H,10-11,14H2. The molecular formula is C21H21N5S. The Hall–Kier alpha value is -3.12. The Balaban J connectivity index is 1.48. The number of anilines is 2. The Bertz CT molecular complexity index is 950. The summed E-state index contributed by atoms with van der Waals surface area (Å²) in [5.41, 5.74) is 4.72. The lowest BCUT2D eigenvalue weighted by Crippen LogP contribution is -2.11. The molecule has 2 aromatic carbocycles. The van der Waals surface area contributed by atoms with E-state index >= 15 is 0 Å². The third kappa shape index (κ3) is 4.54. The van der Waals surface area contributed by atoms with E-state index in [2.05, 4.69) is 80.7 Å². The highest BCUT2D eigenvalue weighted by molar-refractivity contribution is 7.13. The molecule has 0 aliphatic rings. The van der Waals surface area contributed by atoms with Gasteiger partial charge in [0.05, 0.1) is 6.54 Å². The van der Waals surface area contributed by atoms with Crippen LogP contribution in [0.3, 0.4) is 0 Å². The number of rotatable bonds is 8. The van der Waals surface area contributed by atoms with Gasteiger partial charge in [-0.2, -0.15) is 5.10 Å². The Labute approximate surface area is 162 Å². The number of nitrogens with one attached hydrogen (secondary N) is 2. The first kappa shape index (κ1) is 17.3. The SMILES string of the molecule is c1ccc(CNc2ccc(NCCn3cncn3)c(-c3cccs3)c2)cc1. The van der Waals surface area contributed by atoms with Crippen LogP contribution in [0.25, 0.3) is 10.4 Å². The summed E-state index contributed by atoms with van der Waals surface area (Å²) < 4.78 is 1.83. The van der Waals surface area contributed by atoms with E-state index in [1.807, 2.05) is 10.7 Å². The van der Waals surface area contributed by atoms with Gasteiger partial charge in [-0.3, -0.25) is 4.68 Å². The fraction of sp³-hybridized carbons (Fsp3) is 0.143. The molecule has 4 aromatic rings. The van der Waals surface area contributed by atoms with E-state index in [4.69, 9.17) is 0 Å². The lowest BCUT2D eigenvalue weighted by atomic mass is 10.1. The fourth-order valence-electron chi connectivity index (χ4n) is 2.90. The molecular weight excluding hydrogens is 354 g/mol. The molecule has 27 heavy (non-hydrogen) atoms. The van der Waals surface area contributed by atoms with E-state index in [1.54, 1.807) is 24.0 Å². The van der Waals surface area contributed by atoms with Gasteiger partial charge in [0.2, 0.25) is 0 Å². The summed E-state index contributed by atoms with van der Waals surface area (Å²) in [6.07, 6.45) is 3.29. The molecule has 0 atom stereocenters. The van der Waals surface area contributed by atoms with E-state index in [-0.39, 0.29) is 0 Å². The average Bonchev–Trinajstić information content (AvgIpc) is 3.42. The van der Waals surface area contributed by atoms with Crippen LogP contribution >= 0.6 is 11.3 Å². The van der Waals surface area contributed by atoms with Gasteiger partial charge in [0.1, 0.15) is 12.7 Å². The van der Waals surface area contributed by atoms with E-state index in [9.17, 15) is 0 Å². The van der Waals surface area contributed by atoms with Crippen molar-refractivity contribution in [3.8, 4) is 10.4 Å². The van der Waals surface area contributed by atoms with Crippen LogP contribution in [0.2, 0.25) is 0 Å². The van der Waals surface area contributed by atoms with Crippen LogP contribution in [0.15, 0.2) is 78.7 Å². The molecule has 0 bridgehead atoms. The zero-order valence-corrected chi connectivity index (χ0v) is 15.7. The second-order valence-electron chi connectivity index (χ2n) is 6.16. The summed E-state index contributed by atoms with van der Waals surface area (Å²) >= 11 is 1.75. The van der Waals surface area contributed by atoms with Crippen molar-refractivity contribution in [3.63, 3.8) is 0 Å². The van der Waals surface area contributed by atoms with Gasteiger partial charge < -0.3 is 10.6 Å². The monoisotopic (exact) mass is 375 g/mol. The molecule has 4 rings (SSSR count). The molecule has 0 amide bonds. The second kappa shape index (κ2) is 8.51. The molecule has 0 unspecified atom stereocenters. The summed E-state index contributed by atoms with van der Waals surface area (Å²) in [5.74, 6) is 0. The Morgan fingerprint density at radius 2 is 1.89 bits per heavy atom. The lowest BCUT2D eigenvalue weighted by molar-refractivity contribution is 0.636. The first-order valence-corrected chi connectivity index (χ1v) is 9.78. The predicted molar refractivity (Wildman–Crippen MR) is 112 cm³/mol. The van der Waals surface area contributed by atoms with Crippen molar-refractivity contribution in [2.45, 2.75) is 13.1 Å². The molecule has 5 nitrogen and oxygen atoms in total. The van der Waals surface area contributed by atoms with E-state index in [0.717, 1.165) is 31.0 Å². The van der Waals surface area contributed by atoms with Crippen molar-refractivity contribution >= 4 is 22.7 Å². The Morgan fingerprint density at radius 1 is 0.963 bits per heavy atom. The molecule has 2 N–H and O–H groups in total. The van der Waals surface area contributed by atoms with Crippen LogP contribution in [0.1, 0.15) is 5.56 Å². The molecule has 2 aromatic heterocycles. The molecule has 0 aliphatic heterocycles. The van der Waals surface area contributed by atoms with Crippen molar-refractivity contribution in [2.24, 2.45) is 0 Å². The van der Waals surface area contributed by atoms with Gasteiger partial charge in [-0.25, -0.2) is 4.98 Å². The Kier molecular flexibility index (Phi) is 5.45. The minimum absolute atomic E-state index is 0.776. The van der Waals surface area contributed by atoms with Crippen molar-refractivity contribution in [3.05, 3.63) is 84.3 Å². The van der Waals surface area contributed by atoms with Gasteiger partial charge in [-0.15, -0.1) is 11.3 Å². The normalized spacial score (nSPS) is 10.7. The van der Waals surface area contributed by atoms with Gasteiger partial charge in [-0.1, -0.05) is 36.4 Å². The summed E-state index contributed by atoms with van der Waals surface area (Å²) in [6.45, 7) is 2.38. The number of hydrogen-bond donors (Lipinski definition) is 2. The van der Waals surface area contributed by atoms with Crippen molar-refractivity contribution in [1.82, 2.24) is 14.8 Å². The highest BCUT2D eigenvalue weighted by Gasteiger charge is 2.08. The summed E-state index contributed by atoms with van der Waals surface area (Å²) in [4.78, 5) is 5.23. The lowest BCUT2D eigenvalue weighted by Gasteiger charge is -2.14. The average molecular weight is 376 g/mol. The van der Waals surface area contributed by atoms with Gasteiger partial charge in [0.15, 0.2) is 0 Å². The maximum absolute atomic E-state index is 4.14. The summed E-state index contributed by atoms with van der Waals surface area (Å²) in [5, 5.41) is 13.3. The topological polar surface area (TPSA) is 54.8 Å². The van der Waals surface area contributed by atoms with Crippen LogP contribution in [-0.4, -0.2) is 21.3 Å². The first-order chi connectivity index (χ1) is 13.4. The smallest absolute Gasteiger partial charge is 0.137 e. The van der Waals surface area contributed by atoms with Crippen LogP contribution in [-0.2, 0) is 13.1 Å².